The first-order valence-corrected chi connectivity index (χ1v) is 6.82. The van der Waals surface area contributed by atoms with Gasteiger partial charge in [-0.3, -0.25) is 0 Å². The average Bonchev–Trinajstić information content (AvgIpc) is 2.45. The Morgan fingerprint density at radius 2 is 1.70 bits per heavy atom. The lowest BCUT2D eigenvalue weighted by Crippen LogP contribution is -2.23. The van der Waals surface area contributed by atoms with E-state index in [1.165, 1.54) is 5.56 Å². The van der Waals surface area contributed by atoms with E-state index < -0.39 is 11.6 Å². The topological polar surface area (TPSA) is 12.0 Å². The van der Waals surface area contributed by atoms with Gasteiger partial charge in [-0.15, -0.1) is 0 Å². The molecular formula is C17H19F2N. The monoisotopic (exact) mass is 275 g/mol. The van der Waals surface area contributed by atoms with E-state index in [1.54, 1.807) is 12.1 Å². The first-order chi connectivity index (χ1) is 9.70. The number of rotatable bonds is 6. The maximum absolute atomic E-state index is 13.7. The summed E-state index contributed by atoms with van der Waals surface area (Å²) in [6, 6.07) is 14.5. The highest BCUT2D eigenvalue weighted by Crippen LogP contribution is 2.18. The van der Waals surface area contributed by atoms with Crippen molar-refractivity contribution in [2.75, 3.05) is 13.6 Å². The lowest BCUT2D eigenvalue weighted by Gasteiger charge is -2.17. The van der Waals surface area contributed by atoms with Crippen molar-refractivity contribution in [2.24, 2.45) is 5.92 Å². The third kappa shape index (κ3) is 3.87. The molecule has 106 valence electrons. The fraction of sp³-hybridized carbons (Fsp3) is 0.294. The lowest BCUT2D eigenvalue weighted by atomic mass is 9.92. The van der Waals surface area contributed by atoms with Crippen molar-refractivity contribution in [2.45, 2.75) is 12.8 Å². The smallest absolute Gasteiger partial charge is 0.162 e. The van der Waals surface area contributed by atoms with E-state index in [1.807, 2.05) is 25.2 Å². The Balaban J connectivity index is 2.11. The molecule has 1 atom stereocenters. The van der Waals surface area contributed by atoms with Crippen LogP contribution >= 0.6 is 0 Å². The van der Waals surface area contributed by atoms with Crippen LogP contribution in [0.15, 0.2) is 48.5 Å². The molecule has 0 aromatic heterocycles. The van der Waals surface area contributed by atoms with E-state index in [0.717, 1.165) is 19.0 Å². The van der Waals surface area contributed by atoms with Gasteiger partial charge in [-0.05, 0) is 49.5 Å². The molecule has 1 nitrogen and oxygen atoms in total. The lowest BCUT2D eigenvalue weighted by molar-refractivity contribution is 0.459. The summed E-state index contributed by atoms with van der Waals surface area (Å²) < 4.78 is 27.0. The second kappa shape index (κ2) is 7.15. The molecule has 0 saturated carbocycles. The first kappa shape index (κ1) is 14.7. The maximum atomic E-state index is 13.7. The molecule has 0 aliphatic rings. The van der Waals surface area contributed by atoms with Gasteiger partial charge < -0.3 is 5.32 Å². The number of halogens is 2. The number of hydrogen-bond donors (Lipinski definition) is 1. The molecule has 3 heteroatoms. The van der Waals surface area contributed by atoms with E-state index in [9.17, 15) is 8.78 Å². The Kier molecular flexibility index (Phi) is 5.24. The van der Waals surface area contributed by atoms with Crippen molar-refractivity contribution in [3.05, 3.63) is 71.3 Å². The van der Waals surface area contributed by atoms with Gasteiger partial charge in [0.2, 0.25) is 0 Å². The van der Waals surface area contributed by atoms with E-state index in [-0.39, 0.29) is 5.92 Å². The van der Waals surface area contributed by atoms with Crippen LogP contribution in [0.4, 0.5) is 8.78 Å². The van der Waals surface area contributed by atoms with E-state index in [0.29, 0.717) is 12.0 Å². The van der Waals surface area contributed by atoms with Gasteiger partial charge in [-0.1, -0.05) is 42.5 Å². The molecule has 0 radical (unpaired) electrons. The summed E-state index contributed by atoms with van der Waals surface area (Å²) in [5.41, 5.74) is 1.66. The summed E-state index contributed by atoms with van der Waals surface area (Å²) in [5, 5.41) is 3.13. The Morgan fingerprint density at radius 3 is 2.40 bits per heavy atom. The van der Waals surface area contributed by atoms with Crippen LogP contribution in [0.2, 0.25) is 0 Å². The van der Waals surface area contributed by atoms with Gasteiger partial charge in [0, 0.05) is 0 Å². The summed E-state index contributed by atoms with van der Waals surface area (Å²) in [5.74, 6) is -1.26. The van der Waals surface area contributed by atoms with E-state index in [2.05, 4.69) is 17.4 Å². The standard InChI is InChI=1S/C17H19F2N/c1-20-12-14(10-13-6-3-2-4-7-13)11-15-8-5-9-16(18)17(15)19/h2-9,14,20H,10-12H2,1H3. The molecule has 20 heavy (non-hydrogen) atoms. The minimum atomic E-state index is -0.773. The van der Waals surface area contributed by atoms with Crippen LogP contribution in [0.5, 0.6) is 0 Å². The maximum Gasteiger partial charge on any atom is 0.162 e. The van der Waals surface area contributed by atoms with Gasteiger partial charge in [0.1, 0.15) is 0 Å². The van der Waals surface area contributed by atoms with Gasteiger partial charge in [0.05, 0.1) is 0 Å². The number of nitrogens with one attached hydrogen (secondary N) is 1. The molecule has 0 aliphatic heterocycles. The molecule has 1 unspecified atom stereocenters. The molecule has 1 N–H and O–H groups in total. The third-order valence-electron chi connectivity index (χ3n) is 3.40. The van der Waals surface area contributed by atoms with Crippen LogP contribution in [0.25, 0.3) is 0 Å². The zero-order valence-electron chi connectivity index (χ0n) is 11.6. The van der Waals surface area contributed by atoms with Gasteiger partial charge in [0.25, 0.3) is 0 Å². The minimum Gasteiger partial charge on any atom is -0.319 e. The molecule has 0 amide bonds. The van der Waals surface area contributed by atoms with Gasteiger partial charge in [0.15, 0.2) is 11.6 Å². The number of hydrogen-bond acceptors (Lipinski definition) is 1. The van der Waals surface area contributed by atoms with Crippen molar-refractivity contribution < 1.29 is 8.78 Å². The van der Waals surface area contributed by atoms with Gasteiger partial charge in [-0.2, -0.15) is 0 Å². The van der Waals surface area contributed by atoms with Crippen LogP contribution in [-0.2, 0) is 12.8 Å². The van der Waals surface area contributed by atoms with Crippen LogP contribution < -0.4 is 5.32 Å². The molecule has 2 rings (SSSR count). The van der Waals surface area contributed by atoms with Crippen molar-refractivity contribution in [3.63, 3.8) is 0 Å². The summed E-state index contributed by atoms with van der Waals surface area (Å²) in [6.07, 6.45) is 1.37. The molecule has 0 fully saturated rings. The Labute approximate surface area is 118 Å². The van der Waals surface area contributed by atoms with Crippen LogP contribution in [0.1, 0.15) is 11.1 Å². The van der Waals surface area contributed by atoms with E-state index >= 15 is 0 Å². The van der Waals surface area contributed by atoms with Crippen molar-refractivity contribution in [1.29, 1.82) is 0 Å². The highest BCUT2D eigenvalue weighted by Gasteiger charge is 2.14. The van der Waals surface area contributed by atoms with E-state index in [4.69, 9.17) is 0 Å². The zero-order valence-corrected chi connectivity index (χ0v) is 11.6. The molecule has 0 heterocycles. The van der Waals surface area contributed by atoms with Gasteiger partial charge in [-0.25, -0.2) is 8.78 Å². The molecular weight excluding hydrogens is 256 g/mol. The van der Waals surface area contributed by atoms with Crippen molar-refractivity contribution >= 4 is 0 Å². The number of benzene rings is 2. The quantitative estimate of drug-likeness (QED) is 0.849. The molecule has 0 bridgehead atoms. The largest absolute Gasteiger partial charge is 0.319 e. The summed E-state index contributed by atoms with van der Waals surface area (Å²) in [6.45, 7) is 0.769. The molecule has 0 saturated heterocycles. The highest BCUT2D eigenvalue weighted by atomic mass is 19.2. The van der Waals surface area contributed by atoms with Crippen LogP contribution in [-0.4, -0.2) is 13.6 Å². The molecule has 2 aromatic carbocycles. The Hall–Kier alpha value is -1.74. The fourth-order valence-electron chi connectivity index (χ4n) is 2.47. The normalized spacial score (nSPS) is 12.3. The summed E-state index contributed by atoms with van der Waals surface area (Å²) in [4.78, 5) is 0. The zero-order chi connectivity index (χ0) is 14.4. The molecule has 0 aliphatic carbocycles. The van der Waals surface area contributed by atoms with Crippen LogP contribution in [0.3, 0.4) is 0 Å². The average molecular weight is 275 g/mol. The third-order valence-corrected chi connectivity index (χ3v) is 3.40. The minimum absolute atomic E-state index is 0.235. The Bertz CT molecular complexity index is 540. The Morgan fingerprint density at radius 1 is 0.950 bits per heavy atom. The SMILES string of the molecule is CNCC(Cc1ccccc1)Cc1cccc(F)c1F. The molecule has 0 spiro atoms. The summed E-state index contributed by atoms with van der Waals surface area (Å²) >= 11 is 0. The van der Waals surface area contributed by atoms with Gasteiger partial charge >= 0.3 is 0 Å². The predicted molar refractivity (Wildman–Crippen MR) is 77.6 cm³/mol. The first-order valence-electron chi connectivity index (χ1n) is 6.82. The second-order valence-electron chi connectivity index (χ2n) is 5.03. The summed E-state index contributed by atoms with van der Waals surface area (Å²) in [7, 11) is 1.87. The van der Waals surface area contributed by atoms with Crippen LogP contribution in [0, 0.1) is 17.6 Å². The van der Waals surface area contributed by atoms with Crippen molar-refractivity contribution in [1.82, 2.24) is 5.32 Å². The fourth-order valence-corrected chi connectivity index (χ4v) is 2.47. The molecule has 2 aromatic rings. The van der Waals surface area contributed by atoms with Crippen molar-refractivity contribution in [3.8, 4) is 0 Å². The highest BCUT2D eigenvalue weighted by molar-refractivity contribution is 5.21. The second-order valence-corrected chi connectivity index (χ2v) is 5.03. The predicted octanol–water partition coefficient (Wildman–Crippen LogP) is 3.59.